The molecule has 0 bridgehead atoms. The van der Waals surface area contributed by atoms with Gasteiger partial charge in [0.1, 0.15) is 0 Å². The SMILES string of the molecule is CCCCCCCCNc1nc(NC)nc(OCC)n1. The number of hydrogen-bond acceptors (Lipinski definition) is 6. The molecule has 0 radical (unpaired) electrons. The van der Waals surface area contributed by atoms with E-state index in [1.165, 1.54) is 32.1 Å². The van der Waals surface area contributed by atoms with E-state index in [-0.39, 0.29) is 0 Å². The van der Waals surface area contributed by atoms with Crippen molar-refractivity contribution >= 4 is 11.9 Å². The van der Waals surface area contributed by atoms with Crippen LogP contribution in [0.5, 0.6) is 6.01 Å². The van der Waals surface area contributed by atoms with Crippen LogP contribution in [0, 0.1) is 0 Å². The molecule has 0 fully saturated rings. The van der Waals surface area contributed by atoms with Gasteiger partial charge in [0.25, 0.3) is 0 Å². The molecule has 6 heteroatoms. The Bertz CT molecular complexity index is 373. The largest absolute Gasteiger partial charge is 0.464 e. The number of aromatic nitrogens is 3. The second-order valence-corrected chi connectivity index (χ2v) is 4.64. The average molecular weight is 281 g/mol. The van der Waals surface area contributed by atoms with Gasteiger partial charge in [0.15, 0.2) is 0 Å². The second-order valence-electron chi connectivity index (χ2n) is 4.64. The molecule has 20 heavy (non-hydrogen) atoms. The molecule has 2 N–H and O–H groups in total. The minimum atomic E-state index is 0.359. The van der Waals surface area contributed by atoms with Crippen molar-refractivity contribution in [2.75, 3.05) is 30.8 Å². The van der Waals surface area contributed by atoms with E-state index in [4.69, 9.17) is 4.74 Å². The molecule has 0 saturated heterocycles. The van der Waals surface area contributed by atoms with Crippen LogP contribution in [0.1, 0.15) is 52.4 Å². The van der Waals surface area contributed by atoms with Gasteiger partial charge in [0.2, 0.25) is 11.9 Å². The highest BCUT2D eigenvalue weighted by atomic mass is 16.5. The molecule has 0 aliphatic carbocycles. The van der Waals surface area contributed by atoms with Crippen molar-refractivity contribution in [3.63, 3.8) is 0 Å². The zero-order chi connectivity index (χ0) is 14.6. The van der Waals surface area contributed by atoms with Gasteiger partial charge in [0.05, 0.1) is 6.61 Å². The van der Waals surface area contributed by atoms with Crippen LogP contribution in [0.25, 0.3) is 0 Å². The minimum absolute atomic E-state index is 0.359. The van der Waals surface area contributed by atoms with E-state index in [2.05, 4.69) is 32.5 Å². The monoisotopic (exact) mass is 281 g/mol. The van der Waals surface area contributed by atoms with Crippen LogP contribution >= 0.6 is 0 Å². The fraction of sp³-hybridized carbons (Fsp3) is 0.786. The third kappa shape index (κ3) is 6.54. The molecule has 1 rings (SSSR count). The van der Waals surface area contributed by atoms with Crippen LogP contribution < -0.4 is 15.4 Å². The Morgan fingerprint density at radius 2 is 1.60 bits per heavy atom. The molecule has 0 unspecified atom stereocenters. The number of ether oxygens (including phenoxy) is 1. The number of nitrogens with one attached hydrogen (secondary N) is 2. The van der Waals surface area contributed by atoms with Crippen LogP contribution in [-0.2, 0) is 0 Å². The fourth-order valence-electron chi connectivity index (χ4n) is 1.85. The highest BCUT2D eigenvalue weighted by Gasteiger charge is 2.05. The van der Waals surface area contributed by atoms with E-state index < -0.39 is 0 Å². The maximum Gasteiger partial charge on any atom is 0.323 e. The first-order valence-electron chi connectivity index (χ1n) is 7.60. The molecule has 114 valence electrons. The highest BCUT2D eigenvalue weighted by molar-refractivity contribution is 5.35. The molecule has 0 amide bonds. The standard InChI is InChI=1S/C14H27N5O/c1-4-6-7-8-9-10-11-16-13-17-12(15-3)18-14(19-13)20-5-2/h4-11H2,1-3H3,(H2,15,16,17,18,19). The van der Waals surface area contributed by atoms with E-state index in [1.54, 1.807) is 7.05 Å². The van der Waals surface area contributed by atoms with Gasteiger partial charge < -0.3 is 15.4 Å². The van der Waals surface area contributed by atoms with Crippen molar-refractivity contribution in [1.82, 2.24) is 15.0 Å². The highest BCUT2D eigenvalue weighted by Crippen LogP contribution is 2.11. The van der Waals surface area contributed by atoms with Crippen molar-refractivity contribution in [2.45, 2.75) is 52.4 Å². The average Bonchev–Trinajstić information content (AvgIpc) is 2.46. The lowest BCUT2D eigenvalue weighted by Gasteiger charge is -2.08. The first-order chi connectivity index (χ1) is 9.80. The van der Waals surface area contributed by atoms with Crippen molar-refractivity contribution in [3.05, 3.63) is 0 Å². The Labute approximate surface area is 121 Å². The van der Waals surface area contributed by atoms with Crippen LogP contribution in [0.15, 0.2) is 0 Å². The molecule has 0 spiro atoms. The third-order valence-corrected chi connectivity index (χ3v) is 2.93. The first kappa shape index (κ1) is 16.5. The number of rotatable bonds is 11. The number of unbranched alkanes of at least 4 members (excludes halogenated alkanes) is 5. The quantitative estimate of drug-likeness (QED) is 0.607. The summed E-state index contributed by atoms with van der Waals surface area (Å²) < 4.78 is 5.32. The van der Waals surface area contributed by atoms with Gasteiger partial charge >= 0.3 is 6.01 Å². The Balaban J connectivity index is 2.33. The summed E-state index contributed by atoms with van der Waals surface area (Å²) in [5, 5.41) is 6.14. The summed E-state index contributed by atoms with van der Waals surface area (Å²) in [6, 6.07) is 0.359. The Morgan fingerprint density at radius 3 is 2.30 bits per heavy atom. The minimum Gasteiger partial charge on any atom is -0.464 e. The zero-order valence-corrected chi connectivity index (χ0v) is 12.9. The molecule has 1 aromatic heterocycles. The summed E-state index contributed by atoms with van der Waals surface area (Å²) in [5.41, 5.74) is 0. The summed E-state index contributed by atoms with van der Waals surface area (Å²) in [5.74, 6) is 1.09. The maximum atomic E-state index is 5.32. The van der Waals surface area contributed by atoms with Crippen LogP contribution in [0.3, 0.4) is 0 Å². The van der Waals surface area contributed by atoms with Crippen molar-refractivity contribution < 1.29 is 4.74 Å². The van der Waals surface area contributed by atoms with E-state index in [0.717, 1.165) is 13.0 Å². The van der Waals surface area contributed by atoms with Gasteiger partial charge in [-0.1, -0.05) is 39.0 Å². The Morgan fingerprint density at radius 1 is 0.900 bits per heavy atom. The van der Waals surface area contributed by atoms with Crippen LogP contribution in [-0.4, -0.2) is 35.2 Å². The normalized spacial score (nSPS) is 10.3. The molecule has 0 aliphatic rings. The van der Waals surface area contributed by atoms with Crippen molar-refractivity contribution in [1.29, 1.82) is 0 Å². The fourth-order valence-corrected chi connectivity index (χ4v) is 1.85. The molecular formula is C14H27N5O. The summed E-state index contributed by atoms with van der Waals surface area (Å²) in [6.07, 6.45) is 7.64. The topological polar surface area (TPSA) is 72.0 Å². The summed E-state index contributed by atoms with van der Waals surface area (Å²) in [7, 11) is 1.78. The third-order valence-electron chi connectivity index (χ3n) is 2.93. The lowest BCUT2D eigenvalue weighted by atomic mass is 10.1. The molecule has 0 aliphatic heterocycles. The predicted molar refractivity (Wildman–Crippen MR) is 82.4 cm³/mol. The molecule has 6 nitrogen and oxygen atoms in total. The first-order valence-corrected chi connectivity index (χ1v) is 7.60. The van der Waals surface area contributed by atoms with Crippen LogP contribution in [0.4, 0.5) is 11.9 Å². The number of hydrogen-bond donors (Lipinski definition) is 2. The number of anilines is 2. The van der Waals surface area contributed by atoms with E-state index >= 15 is 0 Å². The Kier molecular flexibility index (Phi) is 8.42. The maximum absolute atomic E-state index is 5.32. The molecule has 0 aromatic carbocycles. The lowest BCUT2D eigenvalue weighted by Crippen LogP contribution is -2.10. The van der Waals surface area contributed by atoms with E-state index in [9.17, 15) is 0 Å². The summed E-state index contributed by atoms with van der Waals surface area (Å²) in [4.78, 5) is 12.6. The van der Waals surface area contributed by atoms with E-state index in [1.807, 2.05) is 6.92 Å². The van der Waals surface area contributed by atoms with Gasteiger partial charge in [-0.15, -0.1) is 0 Å². The van der Waals surface area contributed by atoms with Gasteiger partial charge in [-0.25, -0.2) is 0 Å². The smallest absolute Gasteiger partial charge is 0.323 e. The number of nitrogens with zero attached hydrogens (tertiary/aromatic N) is 3. The van der Waals surface area contributed by atoms with Gasteiger partial charge in [0, 0.05) is 13.6 Å². The van der Waals surface area contributed by atoms with Gasteiger partial charge in [-0.05, 0) is 13.3 Å². The van der Waals surface area contributed by atoms with Crippen molar-refractivity contribution in [3.8, 4) is 6.01 Å². The molecule has 0 saturated carbocycles. The Hall–Kier alpha value is -1.59. The molecule has 1 aromatic rings. The second kappa shape index (κ2) is 10.2. The molecular weight excluding hydrogens is 254 g/mol. The van der Waals surface area contributed by atoms with Gasteiger partial charge in [-0.2, -0.15) is 15.0 Å². The van der Waals surface area contributed by atoms with Crippen molar-refractivity contribution in [2.24, 2.45) is 0 Å². The lowest BCUT2D eigenvalue weighted by molar-refractivity contribution is 0.312. The molecule has 1 heterocycles. The zero-order valence-electron chi connectivity index (χ0n) is 12.9. The predicted octanol–water partition coefficient (Wildman–Crippen LogP) is 3.08. The van der Waals surface area contributed by atoms with E-state index in [0.29, 0.717) is 24.5 Å². The summed E-state index contributed by atoms with van der Waals surface area (Å²) in [6.45, 7) is 5.57. The summed E-state index contributed by atoms with van der Waals surface area (Å²) >= 11 is 0. The van der Waals surface area contributed by atoms with Crippen LogP contribution in [0.2, 0.25) is 0 Å². The molecule has 0 atom stereocenters. The van der Waals surface area contributed by atoms with Gasteiger partial charge in [-0.3, -0.25) is 0 Å².